The van der Waals surface area contributed by atoms with Gasteiger partial charge in [0.2, 0.25) is 0 Å². The van der Waals surface area contributed by atoms with Crippen LogP contribution in [0.3, 0.4) is 0 Å². The summed E-state index contributed by atoms with van der Waals surface area (Å²) in [4.78, 5) is 33.5. The van der Waals surface area contributed by atoms with Crippen molar-refractivity contribution >= 4 is 11.6 Å². The second kappa shape index (κ2) is 26.5. The molecule has 0 atom stereocenters. The van der Waals surface area contributed by atoms with Crippen LogP contribution < -0.4 is 0 Å². The van der Waals surface area contributed by atoms with Gasteiger partial charge in [-0.15, -0.1) is 0 Å². The van der Waals surface area contributed by atoms with Gasteiger partial charge in [-0.05, 0) is 12.8 Å². The molecule has 0 N–H and O–H groups in total. The molecule has 0 aliphatic rings. The number of hydrogen-bond acceptors (Lipinski definition) is 4. The van der Waals surface area contributed by atoms with Crippen molar-refractivity contribution in [3.05, 3.63) is 0 Å². The molecule has 0 heterocycles. The summed E-state index contributed by atoms with van der Waals surface area (Å²) in [6.45, 7) is 4.42. The molecule has 0 spiro atoms. The van der Waals surface area contributed by atoms with Crippen molar-refractivity contribution in [2.24, 2.45) is 0 Å². The molecule has 0 aromatic heterocycles. The number of rotatable bonds is 27. The summed E-state index contributed by atoms with van der Waals surface area (Å²) in [5.74, 6) is 0.124. The highest BCUT2D eigenvalue weighted by Gasteiger charge is 2.06. The third-order valence-corrected chi connectivity index (χ3v) is 6.14. The van der Waals surface area contributed by atoms with Crippen LogP contribution in [0.25, 0.3) is 0 Å². The monoisotopic (exact) mass is 454 g/mol. The van der Waals surface area contributed by atoms with Crippen molar-refractivity contribution in [3.8, 4) is 0 Å². The lowest BCUT2D eigenvalue weighted by atomic mass is 10.1. The Morgan fingerprint density at radius 1 is 0.406 bits per heavy atom. The standard InChI is InChI=1S/C28H54O4/c1-3-5-7-9-11-13-15-17-19-21-23-27(29)25-31-32-26-28(30)24-22-20-18-16-14-12-10-8-6-4-2/h3-26H2,1-2H3. The van der Waals surface area contributed by atoms with Crippen LogP contribution in [0, 0.1) is 0 Å². The first-order valence-electron chi connectivity index (χ1n) is 14.0. The van der Waals surface area contributed by atoms with Crippen molar-refractivity contribution in [3.63, 3.8) is 0 Å². The maximum Gasteiger partial charge on any atom is 0.161 e. The normalized spacial score (nSPS) is 11.2. The van der Waals surface area contributed by atoms with E-state index in [4.69, 9.17) is 9.78 Å². The molecule has 4 nitrogen and oxygen atoms in total. The number of carbonyl (C=O) groups excluding carboxylic acids is 2. The predicted molar refractivity (Wildman–Crippen MR) is 135 cm³/mol. The molecular weight excluding hydrogens is 400 g/mol. The van der Waals surface area contributed by atoms with E-state index in [0.29, 0.717) is 12.8 Å². The first-order valence-corrected chi connectivity index (χ1v) is 14.0. The van der Waals surface area contributed by atoms with Gasteiger partial charge in [-0.2, -0.15) is 0 Å². The molecule has 0 fully saturated rings. The molecule has 0 radical (unpaired) electrons. The summed E-state index contributed by atoms with van der Waals surface area (Å²) in [6.07, 6.45) is 26.3. The number of hydrogen-bond donors (Lipinski definition) is 0. The summed E-state index contributed by atoms with van der Waals surface area (Å²) in [6, 6.07) is 0. The number of unbranched alkanes of at least 4 members (excludes halogenated alkanes) is 18. The highest BCUT2D eigenvalue weighted by molar-refractivity contribution is 5.80. The molecule has 0 aromatic carbocycles. The van der Waals surface area contributed by atoms with Crippen LogP contribution in [0.5, 0.6) is 0 Å². The Morgan fingerprint density at radius 2 is 0.656 bits per heavy atom. The molecule has 0 saturated heterocycles. The fraction of sp³-hybridized carbons (Fsp3) is 0.929. The molecule has 0 saturated carbocycles. The summed E-state index contributed by atoms with van der Waals surface area (Å²) in [7, 11) is 0. The van der Waals surface area contributed by atoms with Crippen LogP contribution in [-0.4, -0.2) is 24.8 Å². The van der Waals surface area contributed by atoms with E-state index in [2.05, 4.69) is 13.8 Å². The minimum absolute atomic E-state index is 0.0387. The van der Waals surface area contributed by atoms with E-state index in [-0.39, 0.29) is 24.8 Å². The maximum absolute atomic E-state index is 11.8. The minimum atomic E-state index is -0.0387. The highest BCUT2D eigenvalue weighted by Crippen LogP contribution is 2.12. The van der Waals surface area contributed by atoms with Gasteiger partial charge in [0.15, 0.2) is 11.6 Å². The minimum Gasteiger partial charge on any atom is -0.297 e. The van der Waals surface area contributed by atoms with Crippen molar-refractivity contribution in [2.75, 3.05) is 13.2 Å². The molecule has 0 aliphatic carbocycles. The van der Waals surface area contributed by atoms with Gasteiger partial charge in [0.1, 0.15) is 13.2 Å². The quantitative estimate of drug-likeness (QED) is 0.0707. The van der Waals surface area contributed by atoms with E-state index in [0.717, 1.165) is 25.7 Å². The number of Topliss-reactive ketones (excluding diaryl/α,β-unsaturated/α-hetero) is 2. The van der Waals surface area contributed by atoms with Gasteiger partial charge in [-0.3, -0.25) is 9.59 Å². The van der Waals surface area contributed by atoms with Gasteiger partial charge in [-0.1, -0.05) is 129 Å². The summed E-state index contributed by atoms with van der Waals surface area (Å²) in [5.41, 5.74) is 0. The highest BCUT2D eigenvalue weighted by atomic mass is 17.2. The van der Waals surface area contributed by atoms with Crippen molar-refractivity contribution in [1.82, 2.24) is 0 Å². The molecule has 0 bridgehead atoms. The van der Waals surface area contributed by atoms with Gasteiger partial charge in [0, 0.05) is 12.8 Å². The predicted octanol–water partition coefficient (Wildman–Crippen LogP) is 8.69. The van der Waals surface area contributed by atoms with Crippen LogP contribution >= 0.6 is 0 Å². The van der Waals surface area contributed by atoms with E-state index >= 15 is 0 Å². The van der Waals surface area contributed by atoms with E-state index in [1.54, 1.807) is 0 Å². The van der Waals surface area contributed by atoms with Crippen molar-refractivity contribution < 1.29 is 19.4 Å². The van der Waals surface area contributed by atoms with Crippen molar-refractivity contribution in [1.29, 1.82) is 0 Å². The first kappa shape index (κ1) is 31.3. The molecule has 0 rings (SSSR count). The summed E-state index contributed by atoms with van der Waals surface area (Å²) in [5, 5.41) is 0. The average Bonchev–Trinajstić information content (AvgIpc) is 2.79. The lowest BCUT2D eigenvalue weighted by Crippen LogP contribution is -2.13. The SMILES string of the molecule is CCCCCCCCCCCCC(=O)COOCC(=O)CCCCCCCCCCCC. The van der Waals surface area contributed by atoms with Gasteiger partial charge in [0.05, 0.1) is 0 Å². The Labute approximate surface area is 199 Å². The van der Waals surface area contributed by atoms with E-state index in [1.165, 1.54) is 103 Å². The second-order valence-corrected chi connectivity index (χ2v) is 9.47. The summed E-state index contributed by atoms with van der Waals surface area (Å²) < 4.78 is 0. The Morgan fingerprint density at radius 3 is 0.938 bits per heavy atom. The molecule has 0 amide bonds. The smallest absolute Gasteiger partial charge is 0.161 e. The van der Waals surface area contributed by atoms with E-state index in [1.807, 2.05) is 0 Å². The second-order valence-electron chi connectivity index (χ2n) is 9.47. The molecule has 0 unspecified atom stereocenters. The van der Waals surface area contributed by atoms with Crippen LogP contribution in [0.4, 0.5) is 0 Å². The van der Waals surface area contributed by atoms with E-state index in [9.17, 15) is 9.59 Å². The number of carbonyl (C=O) groups is 2. The number of ketones is 2. The van der Waals surface area contributed by atoms with Gasteiger partial charge < -0.3 is 0 Å². The molecule has 4 heteroatoms. The third-order valence-electron chi connectivity index (χ3n) is 6.14. The van der Waals surface area contributed by atoms with Gasteiger partial charge >= 0.3 is 0 Å². The molecule has 32 heavy (non-hydrogen) atoms. The Bertz CT molecular complexity index is 370. The van der Waals surface area contributed by atoms with Crippen LogP contribution in [0.15, 0.2) is 0 Å². The largest absolute Gasteiger partial charge is 0.297 e. The van der Waals surface area contributed by atoms with E-state index < -0.39 is 0 Å². The Hall–Kier alpha value is -0.740. The topological polar surface area (TPSA) is 52.6 Å². The zero-order chi connectivity index (χ0) is 23.5. The molecule has 0 aromatic rings. The zero-order valence-corrected chi connectivity index (χ0v) is 21.6. The lowest BCUT2D eigenvalue weighted by Gasteiger charge is -2.05. The lowest BCUT2D eigenvalue weighted by molar-refractivity contribution is -0.283. The van der Waals surface area contributed by atoms with Crippen LogP contribution in [0.1, 0.15) is 155 Å². The first-order chi connectivity index (χ1) is 15.7. The van der Waals surface area contributed by atoms with Gasteiger partial charge in [-0.25, -0.2) is 9.78 Å². The molecular formula is C28H54O4. The zero-order valence-electron chi connectivity index (χ0n) is 21.6. The fourth-order valence-electron chi connectivity index (χ4n) is 3.98. The van der Waals surface area contributed by atoms with Gasteiger partial charge in [0.25, 0.3) is 0 Å². The average molecular weight is 455 g/mol. The van der Waals surface area contributed by atoms with Crippen LogP contribution in [-0.2, 0) is 19.4 Å². The molecule has 190 valence electrons. The maximum atomic E-state index is 11.8. The van der Waals surface area contributed by atoms with Crippen molar-refractivity contribution in [2.45, 2.75) is 155 Å². The Kier molecular flexibility index (Phi) is 25.9. The Balaban J connectivity index is 3.29. The fourth-order valence-corrected chi connectivity index (χ4v) is 3.98. The molecule has 0 aliphatic heterocycles. The van der Waals surface area contributed by atoms with Crippen LogP contribution in [0.2, 0.25) is 0 Å². The summed E-state index contributed by atoms with van der Waals surface area (Å²) >= 11 is 0. The third kappa shape index (κ3) is 25.5.